The fraction of sp³-hybridized carbons (Fsp3) is 0.500. The SMILES string of the molecule is O=C(N1CCc2ccc(F)cc21)C(F)(F)C1(O)CCC1. The van der Waals surface area contributed by atoms with E-state index in [4.69, 9.17) is 0 Å². The lowest BCUT2D eigenvalue weighted by Crippen LogP contribution is -2.61. The molecular weight excluding hydrogens is 271 g/mol. The minimum Gasteiger partial charge on any atom is -0.383 e. The molecule has 1 N–H and O–H groups in total. The second-order valence-electron chi connectivity index (χ2n) is 5.44. The number of anilines is 1. The van der Waals surface area contributed by atoms with Crippen LogP contribution in [0.3, 0.4) is 0 Å². The van der Waals surface area contributed by atoms with Gasteiger partial charge < -0.3 is 10.0 Å². The highest BCUT2D eigenvalue weighted by Crippen LogP contribution is 2.46. The largest absolute Gasteiger partial charge is 0.383 e. The highest BCUT2D eigenvalue weighted by molar-refractivity contribution is 6.01. The number of amides is 1. The van der Waals surface area contributed by atoms with Crippen molar-refractivity contribution in [3.63, 3.8) is 0 Å². The van der Waals surface area contributed by atoms with Crippen molar-refractivity contribution in [3.05, 3.63) is 29.6 Å². The molecule has 1 aromatic carbocycles. The van der Waals surface area contributed by atoms with E-state index < -0.39 is 23.2 Å². The number of benzene rings is 1. The van der Waals surface area contributed by atoms with Gasteiger partial charge in [0.15, 0.2) is 0 Å². The third-order valence-corrected chi connectivity index (χ3v) is 4.22. The van der Waals surface area contributed by atoms with Crippen molar-refractivity contribution in [2.45, 2.75) is 37.2 Å². The average molecular weight is 285 g/mol. The zero-order valence-electron chi connectivity index (χ0n) is 10.7. The van der Waals surface area contributed by atoms with Gasteiger partial charge in [0.25, 0.3) is 0 Å². The number of carbonyl (C=O) groups is 1. The van der Waals surface area contributed by atoms with Crippen LogP contribution < -0.4 is 4.90 Å². The predicted octanol–water partition coefficient (Wildman–Crippen LogP) is 2.27. The van der Waals surface area contributed by atoms with Gasteiger partial charge in [0.1, 0.15) is 11.4 Å². The molecule has 0 spiro atoms. The Balaban J connectivity index is 1.92. The summed E-state index contributed by atoms with van der Waals surface area (Å²) in [5.41, 5.74) is -1.41. The van der Waals surface area contributed by atoms with E-state index in [1.54, 1.807) is 0 Å². The van der Waals surface area contributed by atoms with Crippen molar-refractivity contribution in [1.29, 1.82) is 0 Å². The van der Waals surface area contributed by atoms with Crippen LogP contribution in [0.15, 0.2) is 18.2 Å². The lowest BCUT2D eigenvalue weighted by molar-refractivity contribution is -0.213. The molecule has 3 nitrogen and oxygen atoms in total. The molecule has 1 fully saturated rings. The highest BCUT2D eigenvalue weighted by Gasteiger charge is 2.62. The molecular formula is C14H14F3NO2. The van der Waals surface area contributed by atoms with Crippen LogP contribution in [0.5, 0.6) is 0 Å². The predicted molar refractivity (Wildman–Crippen MR) is 66.2 cm³/mol. The second-order valence-corrected chi connectivity index (χ2v) is 5.44. The summed E-state index contributed by atoms with van der Waals surface area (Å²) in [5, 5.41) is 9.80. The molecule has 0 unspecified atom stereocenters. The summed E-state index contributed by atoms with van der Waals surface area (Å²) in [7, 11) is 0. The molecule has 1 amide bonds. The van der Waals surface area contributed by atoms with E-state index in [1.165, 1.54) is 12.1 Å². The van der Waals surface area contributed by atoms with Gasteiger partial charge in [0.2, 0.25) is 0 Å². The molecule has 1 aromatic rings. The van der Waals surface area contributed by atoms with Gasteiger partial charge in [-0.15, -0.1) is 0 Å². The molecule has 1 saturated carbocycles. The zero-order valence-corrected chi connectivity index (χ0v) is 10.7. The first kappa shape index (κ1) is 13.4. The molecule has 0 aromatic heterocycles. The summed E-state index contributed by atoms with van der Waals surface area (Å²) in [6.45, 7) is 0.0866. The van der Waals surface area contributed by atoms with Gasteiger partial charge in [-0.05, 0) is 43.4 Å². The quantitative estimate of drug-likeness (QED) is 0.905. The summed E-state index contributed by atoms with van der Waals surface area (Å²) in [6, 6.07) is 3.82. The number of nitrogens with zero attached hydrogens (tertiary/aromatic N) is 1. The van der Waals surface area contributed by atoms with Gasteiger partial charge >= 0.3 is 11.8 Å². The van der Waals surface area contributed by atoms with Crippen molar-refractivity contribution in [2.24, 2.45) is 0 Å². The Morgan fingerprint density at radius 1 is 1.35 bits per heavy atom. The molecule has 1 aliphatic carbocycles. The lowest BCUT2D eigenvalue weighted by Gasteiger charge is -2.42. The van der Waals surface area contributed by atoms with Crippen molar-refractivity contribution in [2.75, 3.05) is 11.4 Å². The normalized spacial score (nSPS) is 20.5. The molecule has 1 heterocycles. The Bertz CT molecular complexity index is 570. The van der Waals surface area contributed by atoms with Gasteiger partial charge in [-0.25, -0.2) is 4.39 Å². The molecule has 0 saturated heterocycles. The second kappa shape index (κ2) is 4.22. The maximum absolute atomic E-state index is 14.2. The van der Waals surface area contributed by atoms with Crippen LogP contribution >= 0.6 is 0 Å². The molecule has 108 valence electrons. The summed E-state index contributed by atoms with van der Waals surface area (Å²) in [5.74, 6) is -5.85. The third kappa shape index (κ3) is 1.74. The van der Waals surface area contributed by atoms with E-state index in [2.05, 4.69) is 0 Å². The minimum atomic E-state index is -3.83. The van der Waals surface area contributed by atoms with Crippen LogP contribution in [0.4, 0.5) is 18.9 Å². The fourth-order valence-corrected chi connectivity index (χ4v) is 2.76. The van der Waals surface area contributed by atoms with Gasteiger partial charge in [0.05, 0.1) is 5.69 Å². The Hall–Kier alpha value is -1.56. The van der Waals surface area contributed by atoms with E-state index in [-0.39, 0.29) is 25.1 Å². The first-order chi connectivity index (χ1) is 9.35. The number of aliphatic hydroxyl groups is 1. The van der Waals surface area contributed by atoms with Crippen LogP contribution in [0.25, 0.3) is 0 Å². The van der Waals surface area contributed by atoms with Crippen LogP contribution in [0.1, 0.15) is 24.8 Å². The topological polar surface area (TPSA) is 40.5 Å². The number of halogens is 3. The molecule has 2 aliphatic rings. The van der Waals surface area contributed by atoms with E-state index in [0.29, 0.717) is 18.4 Å². The molecule has 1 aliphatic heterocycles. The first-order valence-corrected chi connectivity index (χ1v) is 6.56. The van der Waals surface area contributed by atoms with Gasteiger partial charge in [-0.3, -0.25) is 4.79 Å². The monoisotopic (exact) mass is 285 g/mol. The Morgan fingerprint density at radius 3 is 2.65 bits per heavy atom. The van der Waals surface area contributed by atoms with E-state index in [9.17, 15) is 23.1 Å². The van der Waals surface area contributed by atoms with E-state index in [1.807, 2.05) is 0 Å². The number of hydrogen-bond acceptors (Lipinski definition) is 2. The van der Waals surface area contributed by atoms with E-state index >= 15 is 0 Å². The molecule has 6 heteroatoms. The number of alkyl halides is 2. The van der Waals surface area contributed by atoms with Gasteiger partial charge in [0, 0.05) is 6.54 Å². The van der Waals surface area contributed by atoms with E-state index in [0.717, 1.165) is 11.0 Å². The van der Waals surface area contributed by atoms with Gasteiger partial charge in [-0.1, -0.05) is 6.07 Å². The van der Waals surface area contributed by atoms with Crippen LogP contribution in [0, 0.1) is 5.82 Å². The molecule has 0 bridgehead atoms. The van der Waals surface area contributed by atoms with Crippen LogP contribution in [-0.4, -0.2) is 29.1 Å². The van der Waals surface area contributed by atoms with Crippen LogP contribution in [-0.2, 0) is 11.2 Å². The molecule has 3 rings (SSSR count). The van der Waals surface area contributed by atoms with Crippen molar-refractivity contribution in [3.8, 4) is 0 Å². The number of fused-ring (bicyclic) bond motifs is 1. The zero-order chi connectivity index (χ0) is 14.5. The average Bonchev–Trinajstić information content (AvgIpc) is 2.77. The molecule has 0 radical (unpaired) electrons. The van der Waals surface area contributed by atoms with Crippen molar-refractivity contribution < 1.29 is 23.1 Å². The Labute approximate surface area is 114 Å². The molecule has 0 atom stereocenters. The standard InChI is InChI=1S/C14H14F3NO2/c15-10-3-2-9-4-7-18(11(9)8-10)12(19)14(16,17)13(20)5-1-6-13/h2-3,8,20H,1,4-7H2. The van der Waals surface area contributed by atoms with Gasteiger partial charge in [-0.2, -0.15) is 8.78 Å². The summed E-state index contributed by atoms with van der Waals surface area (Å²) in [6.07, 6.45) is 0.714. The summed E-state index contributed by atoms with van der Waals surface area (Å²) < 4.78 is 41.5. The Kier molecular flexibility index (Phi) is 2.83. The molecule has 20 heavy (non-hydrogen) atoms. The summed E-state index contributed by atoms with van der Waals surface area (Å²) >= 11 is 0. The van der Waals surface area contributed by atoms with Crippen LogP contribution in [0.2, 0.25) is 0 Å². The highest BCUT2D eigenvalue weighted by atomic mass is 19.3. The lowest BCUT2D eigenvalue weighted by atomic mass is 9.75. The fourth-order valence-electron chi connectivity index (χ4n) is 2.76. The smallest absolute Gasteiger partial charge is 0.352 e. The maximum atomic E-state index is 14.2. The number of carbonyl (C=O) groups excluding carboxylic acids is 1. The number of hydrogen-bond donors (Lipinski definition) is 1. The third-order valence-electron chi connectivity index (χ3n) is 4.22. The van der Waals surface area contributed by atoms with Crippen molar-refractivity contribution >= 4 is 11.6 Å². The maximum Gasteiger partial charge on any atom is 0.352 e. The minimum absolute atomic E-state index is 0.0866. The summed E-state index contributed by atoms with van der Waals surface area (Å²) in [4.78, 5) is 13.0. The van der Waals surface area contributed by atoms with Crippen molar-refractivity contribution in [1.82, 2.24) is 0 Å². The first-order valence-electron chi connectivity index (χ1n) is 6.56. The number of rotatable bonds is 2. The Morgan fingerprint density at radius 2 is 2.05 bits per heavy atom.